The molecule has 0 spiro atoms. The van der Waals surface area contributed by atoms with Crippen LogP contribution in [0.25, 0.3) is 6.08 Å². The Kier molecular flexibility index (Phi) is 6.46. The summed E-state index contributed by atoms with van der Waals surface area (Å²) in [6.45, 7) is 0.0434. The van der Waals surface area contributed by atoms with Gasteiger partial charge in [-0.15, -0.1) is 0 Å². The van der Waals surface area contributed by atoms with Crippen molar-refractivity contribution in [1.82, 2.24) is 5.43 Å². The third-order valence-electron chi connectivity index (χ3n) is 4.99. The molecule has 9 nitrogen and oxygen atoms in total. The summed E-state index contributed by atoms with van der Waals surface area (Å²) >= 11 is 5.88. The molecule has 0 radical (unpaired) electrons. The van der Waals surface area contributed by atoms with Gasteiger partial charge in [0.2, 0.25) is 5.75 Å². The van der Waals surface area contributed by atoms with E-state index in [1.807, 2.05) is 0 Å². The van der Waals surface area contributed by atoms with Gasteiger partial charge < -0.3 is 9.47 Å². The van der Waals surface area contributed by atoms with Gasteiger partial charge in [-0.3, -0.25) is 25.1 Å². The summed E-state index contributed by atoms with van der Waals surface area (Å²) in [6, 6.07) is 18.1. The summed E-state index contributed by atoms with van der Waals surface area (Å²) in [4.78, 5) is 36.4. The van der Waals surface area contributed by atoms with Gasteiger partial charge in [0.25, 0.3) is 11.8 Å². The molecule has 1 fully saturated rings. The maximum absolute atomic E-state index is 12.8. The van der Waals surface area contributed by atoms with Gasteiger partial charge in [0.05, 0.1) is 17.7 Å². The Morgan fingerprint density at radius 3 is 2.44 bits per heavy atom. The molecule has 4 rings (SSSR count). The van der Waals surface area contributed by atoms with E-state index < -0.39 is 16.7 Å². The lowest BCUT2D eigenvalue weighted by molar-refractivity contribution is -0.386. The number of nitrogens with one attached hydrogen (secondary N) is 1. The van der Waals surface area contributed by atoms with Crippen LogP contribution in [0.2, 0.25) is 5.02 Å². The normalized spacial score (nSPS) is 14.3. The summed E-state index contributed by atoms with van der Waals surface area (Å²) < 4.78 is 11.0. The second kappa shape index (κ2) is 9.63. The average Bonchev–Trinajstić information content (AvgIpc) is 3.12. The number of carbonyl (C=O) groups excluding carboxylic acids is 2. The van der Waals surface area contributed by atoms with E-state index in [-0.39, 0.29) is 34.9 Å². The van der Waals surface area contributed by atoms with Crippen molar-refractivity contribution in [2.75, 3.05) is 12.1 Å². The lowest BCUT2D eigenvalue weighted by Gasteiger charge is -2.14. The molecule has 10 heteroatoms. The molecule has 3 aromatic rings. The molecule has 1 aliphatic heterocycles. The SMILES string of the molecule is COc1cc(/C=C2/C(=O)NN(c3ccccc3)C2=O)cc([N+](=O)[O-])c1OCc1ccc(Cl)cc1. The van der Waals surface area contributed by atoms with Crippen LogP contribution < -0.4 is 19.9 Å². The Labute approximate surface area is 199 Å². The van der Waals surface area contributed by atoms with Gasteiger partial charge in [-0.1, -0.05) is 41.9 Å². The van der Waals surface area contributed by atoms with Crippen LogP contribution in [0.15, 0.2) is 72.3 Å². The first kappa shape index (κ1) is 22.8. The van der Waals surface area contributed by atoms with Gasteiger partial charge >= 0.3 is 5.69 Å². The smallest absolute Gasteiger partial charge is 0.315 e. The minimum Gasteiger partial charge on any atom is -0.493 e. The number of para-hydroxylation sites is 1. The van der Waals surface area contributed by atoms with Crippen LogP contribution in [0.4, 0.5) is 11.4 Å². The van der Waals surface area contributed by atoms with Crippen molar-refractivity contribution in [2.45, 2.75) is 6.61 Å². The van der Waals surface area contributed by atoms with E-state index in [4.69, 9.17) is 21.1 Å². The number of halogens is 1. The molecule has 34 heavy (non-hydrogen) atoms. The maximum Gasteiger partial charge on any atom is 0.315 e. The van der Waals surface area contributed by atoms with E-state index in [2.05, 4.69) is 5.43 Å². The molecule has 3 aromatic carbocycles. The summed E-state index contributed by atoms with van der Waals surface area (Å²) in [6.07, 6.45) is 1.28. The van der Waals surface area contributed by atoms with E-state index in [9.17, 15) is 19.7 Å². The molecule has 0 bridgehead atoms. The van der Waals surface area contributed by atoms with Crippen LogP contribution in [0.5, 0.6) is 11.5 Å². The third kappa shape index (κ3) is 4.69. The van der Waals surface area contributed by atoms with Crippen LogP contribution in [0, 0.1) is 10.1 Å². The first-order valence-corrected chi connectivity index (χ1v) is 10.4. The molecule has 0 aliphatic carbocycles. The van der Waals surface area contributed by atoms with Crippen LogP contribution in [-0.4, -0.2) is 23.8 Å². The highest BCUT2D eigenvalue weighted by atomic mass is 35.5. The molecule has 0 aromatic heterocycles. The molecule has 1 heterocycles. The molecular weight excluding hydrogens is 462 g/mol. The number of benzene rings is 3. The molecule has 2 amide bonds. The van der Waals surface area contributed by atoms with E-state index in [0.717, 1.165) is 10.6 Å². The fourth-order valence-electron chi connectivity index (χ4n) is 3.34. The number of rotatable bonds is 7. The molecule has 1 aliphatic rings. The second-order valence-corrected chi connectivity index (χ2v) is 7.66. The Hall–Kier alpha value is -4.37. The zero-order valence-electron chi connectivity index (χ0n) is 17.9. The average molecular weight is 480 g/mol. The van der Waals surface area contributed by atoms with Crippen molar-refractivity contribution in [1.29, 1.82) is 0 Å². The number of anilines is 1. The van der Waals surface area contributed by atoms with E-state index in [1.54, 1.807) is 54.6 Å². The summed E-state index contributed by atoms with van der Waals surface area (Å²) in [5.74, 6) is -1.20. The summed E-state index contributed by atoms with van der Waals surface area (Å²) in [7, 11) is 1.34. The van der Waals surface area contributed by atoms with Gasteiger partial charge in [0, 0.05) is 11.1 Å². The second-order valence-electron chi connectivity index (χ2n) is 7.22. The lowest BCUT2D eigenvalue weighted by atomic mass is 10.1. The number of nitrogens with zero attached hydrogens (tertiary/aromatic N) is 2. The number of hydrogen-bond donors (Lipinski definition) is 1. The number of carbonyl (C=O) groups is 2. The maximum atomic E-state index is 12.8. The number of hydrogen-bond acceptors (Lipinski definition) is 6. The van der Waals surface area contributed by atoms with E-state index >= 15 is 0 Å². The quantitative estimate of drug-likeness (QED) is 0.234. The largest absolute Gasteiger partial charge is 0.493 e. The zero-order chi connectivity index (χ0) is 24.2. The van der Waals surface area contributed by atoms with Crippen LogP contribution in [-0.2, 0) is 16.2 Å². The van der Waals surface area contributed by atoms with Crippen molar-refractivity contribution >= 4 is 40.9 Å². The molecule has 0 unspecified atom stereocenters. The fraction of sp³-hybridized carbons (Fsp3) is 0.0833. The Balaban J connectivity index is 1.66. The highest BCUT2D eigenvalue weighted by molar-refractivity contribution is 6.31. The van der Waals surface area contributed by atoms with E-state index in [1.165, 1.54) is 25.3 Å². The molecule has 172 valence electrons. The van der Waals surface area contributed by atoms with Crippen molar-refractivity contribution in [3.05, 3.63) is 98.6 Å². The zero-order valence-corrected chi connectivity index (χ0v) is 18.6. The highest BCUT2D eigenvalue weighted by Gasteiger charge is 2.34. The molecular formula is C24H18ClN3O6. The number of nitro groups is 1. The molecule has 0 saturated carbocycles. The first-order chi connectivity index (χ1) is 16.4. The van der Waals surface area contributed by atoms with Gasteiger partial charge in [0.1, 0.15) is 12.2 Å². The number of methoxy groups -OCH3 is 1. The Morgan fingerprint density at radius 2 is 1.79 bits per heavy atom. The van der Waals surface area contributed by atoms with Crippen molar-refractivity contribution in [3.63, 3.8) is 0 Å². The topological polar surface area (TPSA) is 111 Å². The standard InChI is InChI=1S/C24H18ClN3O6/c1-33-21-13-16(11-19-23(29)26-27(24(19)30)18-5-3-2-4-6-18)12-20(28(31)32)22(21)34-14-15-7-9-17(25)10-8-15/h2-13H,14H2,1H3,(H,26,29)/b19-11-. The number of nitro benzene ring substituents is 1. The van der Waals surface area contributed by atoms with Crippen LogP contribution in [0.1, 0.15) is 11.1 Å². The van der Waals surface area contributed by atoms with Gasteiger partial charge in [-0.25, -0.2) is 5.01 Å². The fourth-order valence-corrected chi connectivity index (χ4v) is 3.47. The number of hydrazine groups is 1. The predicted octanol–water partition coefficient (Wildman–Crippen LogP) is 4.30. The molecule has 1 saturated heterocycles. The van der Waals surface area contributed by atoms with Crippen molar-refractivity contribution in [2.24, 2.45) is 0 Å². The minimum atomic E-state index is -0.626. The monoisotopic (exact) mass is 479 g/mol. The van der Waals surface area contributed by atoms with Gasteiger partial charge in [-0.05, 0) is 47.5 Å². The highest BCUT2D eigenvalue weighted by Crippen LogP contribution is 2.39. The number of amides is 2. The van der Waals surface area contributed by atoms with Gasteiger partial charge in [0.15, 0.2) is 5.75 Å². The first-order valence-electron chi connectivity index (χ1n) is 10.0. The third-order valence-corrected chi connectivity index (χ3v) is 5.24. The van der Waals surface area contributed by atoms with Crippen LogP contribution in [0.3, 0.4) is 0 Å². The predicted molar refractivity (Wildman–Crippen MR) is 125 cm³/mol. The van der Waals surface area contributed by atoms with Crippen molar-refractivity contribution in [3.8, 4) is 11.5 Å². The molecule has 1 N–H and O–H groups in total. The van der Waals surface area contributed by atoms with Crippen LogP contribution >= 0.6 is 11.6 Å². The lowest BCUT2D eigenvalue weighted by Crippen LogP contribution is -2.35. The molecule has 0 atom stereocenters. The Morgan fingerprint density at radius 1 is 1.09 bits per heavy atom. The summed E-state index contributed by atoms with van der Waals surface area (Å²) in [5, 5.41) is 13.4. The van der Waals surface area contributed by atoms with Gasteiger partial charge in [-0.2, -0.15) is 0 Å². The minimum absolute atomic E-state index is 0.0434. The number of ether oxygens (including phenoxy) is 2. The Bertz CT molecular complexity index is 1290. The van der Waals surface area contributed by atoms with Crippen molar-refractivity contribution < 1.29 is 24.0 Å². The summed E-state index contributed by atoms with van der Waals surface area (Å²) in [5.41, 5.74) is 3.41. The van der Waals surface area contributed by atoms with E-state index in [0.29, 0.717) is 10.7 Å².